The molecule has 0 saturated heterocycles. The average Bonchev–Trinajstić information content (AvgIpc) is 2.77. The molecular weight excluding hydrogens is 262 g/mol. The number of hydrogen-bond acceptors (Lipinski definition) is 1. The summed E-state index contributed by atoms with van der Waals surface area (Å²) in [5, 5.41) is 3.58. The Bertz CT molecular complexity index is 318. The average molecular weight is 282 g/mol. The van der Waals surface area contributed by atoms with Crippen molar-refractivity contribution in [3.63, 3.8) is 0 Å². The van der Waals surface area contributed by atoms with E-state index in [2.05, 4.69) is 45.5 Å². The van der Waals surface area contributed by atoms with Crippen molar-refractivity contribution in [3.8, 4) is 0 Å². The highest BCUT2D eigenvalue weighted by Crippen LogP contribution is 2.23. The second-order valence-corrected chi connectivity index (χ2v) is 5.65. The van der Waals surface area contributed by atoms with Gasteiger partial charge in [0, 0.05) is 4.47 Å². The third kappa shape index (κ3) is 3.91. The van der Waals surface area contributed by atoms with Gasteiger partial charge in [0.1, 0.15) is 0 Å². The molecule has 0 aliphatic heterocycles. The number of halogens is 1. The summed E-state index contributed by atoms with van der Waals surface area (Å²) in [7, 11) is 0. The lowest BCUT2D eigenvalue weighted by Crippen LogP contribution is -2.23. The fourth-order valence-corrected chi connectivity index (χ4v) is 2.89. The first-order valence-electron chi connectivity index (χ1n) is 6.30. The van der Waals surface area contributed by atoms with Gasteiger partial charge < -0.3 is 5.32 Å². The molecule has 2 rings (SSSR count). The summed E-state index contributed by atoms with van der Waals surface area (Å²) in [5.41, 5.74) is 1.41. The standard InChI is InChI=1S/C14H20BrN/c15-14-7-3-6-12(10-14)8-9-16-11-13-4-1-2-5-13/h3,6-7,10,13,16H,1-2,4-5,8-9,11H2. The molecule has 0 atom stereocenters. The van der Waals surface area contributed by atoms with Crippen LogP contribution >= 0.6 is 15.9 Å². The van der Waals surface area contributed by atoms with Gasteiger partial charge in [-0.2, -0.15) is 0 Å². The van der Waals surface area contributed by atoms with E-state index in [4.69, 9.17) is 0 Å². The van der Waals surface area contributed by atoms with E-state index in [0.29, 0.717) is 0 Å². The molecule has 1 fully saturated rings. The zero-order valence-corrected chi connectivity index (χ0v) is 11.3. The van der Waals surface area contributed by atoms with Gasteiger partial charge in [-0.15, -0.1) is 0 Å². The minimum absolute atomic E-state index is 0.947. The molecule has 88 valence electrons. The Kier molecular flexibility index (Phi) is 4.86. The maximum atomic E-state index is 3.58. The van der Waals surface area contributed by atoms with Crippen LogP contribution in [0.5, 0.6) is 0 Å². The van der Waals surface area contributed by atoms with Gasteiger partial charge >= 0.3 is 0 Å². The van der Waals surface area contributed by atoms with Crippen LogP contribution in [0, 0.1) is 5.92 Å². The smallest absolute Gasteiger partial charge is 0.0178 e. The van der Waals surface area contributed by atoms with Crippen molar-refractivity contribution in [2.24, 2.45) is 5.92 Å². The molecule has 0 aromatic heterocycles. The van der Waals surface area contributed by atoms with E-state index in [0.717, 1.165) is 18.9 Å². The summed E-state index contributed by atoms with van der Waals surface area (Å²) in [6, 6.07) is 8.59. The van der Waals surface area contributed by atoms with Gasteiger partial charge in [-0.1, -0.05) is 40.9 Å². The van der Waals surface area contributed by atoms with E-state index in [-0.39, 0.29) is 0 Å². The molecule has 1 nitrogen and oxygen atoms in total. The molecule has 1 aromatic carbocycles. The van der Waals surface area contributed by atoms with Gasteiger partial charge in [0.2, 0.25) is 0 Å². The van der Waals surface area contributed by atoms with Crippen LogP contribution in [-0.4, -0.2) is 13.1 Å². The van der Waals surface area contributed by atoms with Crippen molar-refractivity contribution in [1.29, 1.82) is 0 Å². The van der Waals surface area contributed by atoms with Gasteiger partial charge in [0.25, 0.3) is 0 Å². The SMILES string of the molecule is Brc1cccc(CCNCC2CCCC2)c1. The number of rotatable bonds is 5. The Hall–Kier alpha value is -0.340. The fraction of sp³-hybridized carbons (Fsp3) is 0.571. The van der Waals surface area contributed by atoms with Crippen LogP contribution in [0.25, 0.3) is 0 Å². The van der Waals surface area contributed by atoms with Crippen LogP contribution in [0.1, 0.15) is 31.2 Å². The molecule has 0 unspecified atom stereocenters. The highest BCUT2D eigenvalue weighted by molar-refractivity contribution is 9.10. The molecule has 0 amide bonds. The first-order chi connectivity index (χ1) is 7.84. The molecule has 1 saturated carbocycles. The Balaban J connectivity index is 1.64. The van der Waals surface area contributed by atoms with Gasteiger partial charge in [0.05, 0.1) is 0 Å². The van der Waals surface area contributed by atoms with Crippen molar-refractivity contribution < 1.29 is 0 Å². The maximum Gasteiger partial charge on any atom is 0.0178 e. The van der Waals surface area contributed by atoms with Gasteiger partial charge in [0.15, 0.2) is 0 Å². The molecule has 0 heterocycles. The number of hydrogen-bond donors (Lipinski definition) is 1. The van der Waals surface area contributed by atoms with Crippen LogP contribution < -0.4 is 5.32 Å². The molecule has 16 heavy (non-hydrogen) atoms. The van der Waals surface area contributed by atoms with Crippen molar-refractivity contribution in [3.05, 3.63) is 34.3 Å². The van der Waals surface area contributed by atoms with Gasteiger partial charge in [-0.3, -0.25) is 0 Å². The van der Waals surface area contributed by atoms with Gasteiger partial charge in [-0.25, -0.2) is 0 Å². The Morgan fingerprint density at radius 1 is 1.25 bits per heavy atom. The predicted molar refractivity (Wildman–Crippen MR) is 72.7 cm³/mol. The van der Waals surface area contributed by atoms with E-state index in [1.165, 1.54) is 42.3 Å². The molecule has 1 aliphatic carbocycles. The molecule has 1 aromatic rings. The van der Waals surface area contributed by atoms with E-state index >= 15 is 0 Å². The minimum atomic E-state index is 0.947. The Morgan fingerprint density at radius 2 is 2.06 bits per heavy atom. The first kappa shape index (κ1) is 12.1. The monoisotopic (exact) mass is 281 g/mol. The van der Waals surface area contributed by atoms with Crippen molar-refractivity contribution in [1.82, 2.24) is 5.32 Å². The predicted octanol–water partition coefficient (Wildman–Crippen LogP) is 3.77. The summed E-state index contributed by atoms with van der Waals surface area (Å²) < 4.78 is 1.18. The lowest BCUT2D eigenvalue weighted by molar-refractivity contribution is 0.492. The van der Waals surface area contributed by atoms with Crippen molar-refractivity contribution >= 4 is 15.9 Å². The normalized spacial score (nSPS) is 16.8. The maximum absolute atomic E-state index is 3.58. The lowest BCUT2D eigenvalue weighted by Gasteiger charge is -2.10. The first-order valence-corrected chi connectivity index (χ1v) is 7.09. The molecule has 1 aliphatic rings. The van der Waals surface area contributed by atoms with E-state index < -0.39 is 0 Å². The molecule has 2 heteroatoms. The van der Waals surface area contributed by atoms with E-state index in [9.17, 15) is 0 Å². The van der Waals surface area contributed by atoms with Crippen molar-refractivity contribution in [2.75, 3.05) is 13.1 Å². The molecular formula is C14H20BrN. The summed E-state index contributed by atoms with van der Waals surface area (Å²) in [6.45, 7) is 2.32. The zero-order chi connectivity index (χ0) is 11.2. The van der Waals surface area contributed by atoms with Crippen LogP contribution in [0.4, 0.5) is 0 Å². The second-order valence-electron chi connectivity index (χ2n) is 4.73. The Morgan fingerprint density at radius 3 is 2.81 bits per heavy atom. The summed E-state index contributed by atoms with van der Waals surface area (Å²) in [6.07, 6.45) is 6.88. The summed E-state index contributed by atoms with van der Waals surface area (Å²) >= 11 is 3.50. The van der Waals surface area contributed by atoms with E-state index in [1.54, 1.807) is 0 Å². The summed E-state index contributed by atoms with van der Waals surface area (Å²) in [4.78, 5) is 0. The largest absolute Gasteiger partial charge is 0.316 e. The molecule has 0 bridgehead atoms. The highest BCUT2D eigenvalue weighted by atomic mass is 79.9. The fourth-order valence-electron chi connectivity index (χ4n) is 2.45. The third-order valence-electron chi connectivity index (χ3n) is 3.39. The quantitative estimate of drug-likeness (QED) is 0.811. The molecule has 1 N–H and O–H groups in total. The highest BCUT2D eigenvalue weighted by Gasteiger charge is 2.13. The number of nitrogens with one attached hydrogen (secondary N) is 1. The number of benzene rings is 1. The van der Waals surface area contributed by atoms with Crippen LogP contribution in [-0.2, 0) is 6.42 Å². The second kappa shape index (κ2) is 6.41. The lowest BCUT2D eigenvalue weighted by atomic mass is 10.1. The summed E-state index contributed by atoms with van der Waals surface area (Å²) in [5.74, 6) is 0.947. The Labute approximate surface area is 107 Å². The molecule has 0 spiro atoms. The van der Waals surface area contributed by atoms with Crippen LogP contribution in [0.2, 0.25) is 0 Å². The zero-order valence-electron chi connectivity index (χ0n) is 9.71. The minimum Gasteiger partial charge on any atom is -0.316 e. The topological polar surface area (TPSA) is 12.0 Å². The third-order valence-corrected chi connectivity index (χ3v) is 3.88. The van der Waals surface area contributed by atoms with E-state index in [1.807, 2.05) is 0 Å². The van der Waals surface area contributed by atoms with Crippen LogP contribution in [0.15, 0.2) is 28.7 Å². The molecule has 0 radical (unpaired) electrons. The van der Waals surface area contributed by atoms with Crippen molar-refractivity contribution in [2.45, 2.75) is 32.1 Å². The van der Waals surface area contributed by atoms with Gasteiger partial charge in [-0.05, 0) is 56.0 Å². The van der Waals surface area contributed by atoms with Crippen LogP contribution in [0.3, 0.4) is 0 Å².